The van der Waals surface area contributed by atoms with Gasteiger partial charge in [0.15, 0.2) is 0 Å². The van der Waals surface area contributed by atoms with Crippen LogP contribution in [0.5, 0.6) is 0 Å². The molecule has 1 aromatic heterocycles. The van der Waals surface area contributed by atoms with E-state index in [1.54, 1.807) is 0 Å². The Morgan fingerprint density at radius 2 is 0.562 bits per heavy atom. The van der Waals surface area contributed by atoms with E-state index in [9.17, 15) is 0 Å². The molecule has 0 unspecified atom stereocenters. The highest BCUT2D eigenvalue weighted by Crippen LogP contribution is 2.57. The molecule has 0 bridgehead atoms. The van der Waals surface area contributed by atoms with Crippen LogP contribution >= 0.6 is 0 Å². The molecule has 18 aromatic rings. The first-order valence-electron chi connectivity index (χ1n) is 39.7. The van der Waals surface area contributed by atoms with Crippen LogP contribution in [0.1, 0.15) is 79.0 Å². The predicted molar refractivity (Wildman–Crippen MR) is 481 cm³/mol. The van der Waals surface area contributed by atoms with Gasteiger partial charge in [-0.2, -0.15) is 0 Å². The summed E-state index contributed by atoms with van der Waals surface area (Å²) < 4.78 is 2.51. The van der Waals surface area contributed by atoms with Crippen LogP contribution in [0.25, 0.3) is 138 Å². The lowest BCUT2D eigenvalue weighted by Gasteiger charge is -2.47. The van der Waals surface area contributed by atoms with Gasteiger partial charge in [0.2, 0.25) is 0 Å². The van der Waals surface area contributed by atoms with E-state index in [1.807, 2.05) is 0 Å². The summed E-state index contributed by atoms with van der Waals surface area (Å²) >= 11 is 0. The fraction of sp³-hybridized carbons (Fsp3) is 0.111. The maximum atomic E-state index is 2.76. The van der Waals surface area contributed by atoms with Crippen molar-refractivity contribution in [2.45, 2.75) is 78.6 Å². The van der Waals surface area contributed by atoms with Crippen molar-refractivity contribution in [2.75, 3.05) is 9.80 Å². The van der Waals surface area contributed by atoms with Gasteiger partial charge in [0.25, 0.3) is 6.71 Å². The zero-order valence-electron chi connectivity index (χ0n) is 65.0. The highest BCUT2D eigenvalue weighted by molar-refractivity contribution is 7.00. The molecule has 3 heterocycles. The van der Waals surface area contributed by atoms with Gasteiger partial charge in [0, 0.05) is 61.5 Å². The van der Waals surface area contributed by atoms with E-state index in [0.717, 1.165) is 67.6 Å². The van der Waals surface area contributed by atoms with Crippen molar-refractivity contribution in [3.63, 3.8) is 0 Å². The summed E-state index contributed by atoms with van der Waals surface area (Å²) in [7, 11) is 0. The molecule has 4 heteroatoms. The fourth-order valence-corrected chi connectivity index (χ4v) is 18.4. The number of fused-ring (bicyclic) bond motifs is 10. The van der Waals surface area contributed by atoms with Gasteiger partial charge < -0.3 is 14.4 Å². The summed E-state index contributed by atoms with van der Waals surface area (Å²) in [6, 6.07) is 136. The van der Waals surface area contributed by atoms with Crippen molar-refractivity contribution >= 4 is 111 Å². The number of nitrogens with zero attached hydrogens (tertiary/aromatic N) is 3. The molecule has 0 fully saturated rings. The zero-order valence-corrected chi connectivity index (χ0v) is 65.0. The highest BCUT2D eigenvalue weighted by atomic mass is 15.2. The van der Waals surface area contributed by atoms with E-state index < -0.39 is 0 Å². The minimum atomic E-state index is -0.345. The van der Waals surface area contributed by atoms with Crippen LogP contribution < -0.4 is 26.2 Å². The van der Waals surface area contributed by atoms with Gasteiger partial charge >= 0.3 is 0 Å². The maximum absolute atomic E-state index is 2.76. The van der Waals surface area contributed by atoms with E-state index in [-0.39, 0.29) is 23.0 Å². The Morgan fingerprint density at radius 1 is 0.232 bits per heavy atom. The standard InChI is InChI=1S/C108H86BN3/c1-106(2,3)77-62-89(70-33-14-10-15-34-70)104(90(63-77)71-35-16-11-17-36-71)111-97-61-76(102-87-48-26-24-46-85(87)101(86-47-25-27-49-88(86)102)75-55-53-74(54-56-75)82-50-32-42-69-41-22-23-43-81(69)82)57-59-93(97)109-94-60-58-80(110-95-51-30-28-44-83(95)84-45-29-31-52-96(84)110)68-98(94)112(100-67-79(108(7,8)9)66-99(111)103(100)109)105-91(72-37-18-12-19-38-72)64-78(107(4,5)6)65-92(105)73-39-20-13-21-40-73/h10-68H,1-9H3. The topological polar surface area (TPSA) is 11.4 Å². The van der Waals surface area contributed by atoms with Crippen molar-refractivity contribution in [3.05, 3.63) is 375 Å². The van der Waals surface area contributed by atoms with E-state index >= 15 is 0 Å². The Kier molecular flexibility index (Phi) is 16.1. The summed E-state index contributed by atoms with van der Waals surface area (Å²) in [5.41, 5.74) is 33.6. The second-order valence-electron chi connectivity index (χ2n) is 33.9. The molecule has 0 amide bonds. The Balaban J connectivity index is 0.929. The monoisotopic (exact) mass is 1440 g/mol. The molecule has 2 aliphatic rings. The highest BCUT2D eigenvalue weighted by Gasteiger charge is 2.47. The molecule has 0 saturated carbocycles. The number of hydrogen-bond acceptors (Lipinski definition) is 2. The van der Waals surface area contributed by atoms with E-state index in [1.165, 1.54) is 137 Å². The third-order valence-electron chi connectivity index (χ3n) is 24.0. The van der Waals surface area contributed by atoms with Crippen LogP contribution in [0.15, 0.2) is 358 Å². The maximum Gasteiger partial charge on any atom is 0.252 e. The van der Waals surface area contributed by atoms with Gasteiger partial charge in [-0.25, -0.2) is 0 Å². The van der Waals surface area contributed by atoms with Crippen LogP contribution in [0.3, 0.4) is 0 Å². The Bertz CT molecular complexity index is 6550. The molecule has 2 aliphatic heterocycles. The number of rotatable bonds is 10. The minimum Gasteiger partial charge on any atom is -0.310 e. The summed E-state index contributed by atoms with van der Waals surface area (Å²) in [5.74, 6) is 0. The predicted octanol–water partition coefficient (Wildman–Crippen LogP) is 27.9. The molecule has 3 nitrogen and oxygen atoms in total. The number of para-hydroxylation sites is 2. The third-order valence-corrected chi connectivity index (χ3v) is 24.0. The quantitative estimate of drug-likeness (QED) is 0.0999. The third kappa shape index (κ3) is 11.2. The Morgan fingerprint density at radius 3 is 1.00 bits per heavy atom. The largest absolute Gasteiger partial charge is 0.310 e. The lowest BCUT2D eigenvalue weighted by atomic mass is 9.33. The van der Waals surface area contributed by atoms with Crippen molar-refractivity contribution in [1.29, 1.82) is 0 Å². The Labute approximate surface area is 658 Å². The molecule has 0 spiro atoms. The first kappa shape index (κ1) is 68.3. The van der Waals surface area contributed by atoms with Gasteiger partial charge in [-0.15, -0.1) is 0 Å². The lowest BCUT2D eigenvalue weighted by molar-refractivity contribution is 0.590. The number of anilines is 6. The molecular formula is C108H86BN3. The normalized spacial score (nSPS) is 12.8. The van der Waals surface area contributed by atoms with Gasteiger partial charge in [-0.05, 0) is 204 Å². The summed E-state index contributed by atoms with van der Waals surface area (Å²) in [4.78, 5) is 5.49. The van der Waals surface area contributed by atoms with Crippen LogP contribution in [0, 0.1) is 0 Å². The smallest absolute Gasteiger partial charge is 0.252 e. The number of benzene rings is 17. The molecular weight excluding hydrogens is 1350 g/mol. The molecule has 17 aromatic carbocycles. The SMILES string of the molecule is CC(C)(C)c1cc(-c2ccccc2)c(N2c3cc(-c4c5ccccc5c(-c5ccc(-c6cccc7ccccc67)cc5)c5ccccc45)ccc3B3c4ccc(-n5c6ccccc6c6ccccc65)cc4N(c4c(-c5ccccc5)cc(C(C)(C)C)cc4-c4ccccc4)c4cc(C(C)(C)C)cc2c43)c(-c2ccccc2)c1. The zero-order chi connectivity index (χ0) is 75.9. The van der Waals surface area contributed by atoms with Crippen molar-refractivity contribution < 1.29 is 0 Å². The van der Waals surface area contributed by atoms with Crippen LogP contribution in [-0.4, -0.2) is 11.3 Å². The summed E-state index contributed by atoms with van der Waals surface area (Å²) in [5, 5.41) is 9.79. The van der Waals surface area contributed by atoms with E-state index in [4.69, 9.17) is 0 Å². The molecule has 0 saturated heterocycles. The van der Waals surface area contributed by atoms with Crippen molar-refractivity contribution in [3.8, 4) is 83.6 Å². The molecule has 0 aliphatic carbocycles. The first-order valence-corrected chi connectivity index (χ1v) is 39.7. The molecule has 0 N–H and O–H groups in total. The first-order chi connectivity index (χ1) is 54.5. The average molecular weight is 1440 g/mol. The molecule has 112 heavy (non-hydrogen) atoms. The van der Waals surface area contributed by atoms with Gasteiger partial charge in [0.1, 0.15) is 0 Å². The van der Waals surface area contributed by atoms with Gasteiger partial charge in [0.05, 0.1) is 22.4 Å². The van der Waals surface area contributed by atoms with Crippen LogP contribution in [-0.2, 0) is 16.2 Å². The fourth-order valence-electron chi connectivity index (χ4n) is 18.4. The summed E-state index contributed by atoms with van der Waals surface area (Å²) in [6.07, 6.45) is 0. The minimum absolute atomic E-state index is 0.198. The lowest BCUT2D eigenvalue weighted by Crippen LogP contribution is -2.61. The average Bonchev–Trinajstić information content (AvgIpc) is 0.716. The van der Waals surface area contributed by atoms with Gasteiger partial charge in [-0.3, -0.25) is 0 Å². The molecule has 0 radical (unpaired) electrons. The van der Waals surface area contributed by atoms with Crippen LogP contribution in [0.2, 0.25) is 0 Å². The number of hydrogen-bond donors (Lipinski definition) is 0. The Hall–Kier alpha value is -13.0. The van der Waals surface area contributed by atoms with Crippen molar-refractivity contribution in [1.82, 2.24) is 4.57 Å². The van der Waals surface area contributed by atoms with Crippen LogP contribution in [0.4, 0.5) is 34.1 Å². The van der Waals surface area contributed by atoms with Crippen molar-refractivity contribution in [2.24, 2.45) is 0 Å². The van der Waals surface area contributed by atoms with Gasteiger partial charge in [-0.1, -0.05) is 353 Å². The van der Waals surface area contributed by atoms with E-state index in [0.29, 0.717) is 0 Å². The second kappa shape index (κ2) is 26.4. The number of aromatic nitrogens is 1. The summed E-state index contributed by atoms with van der Waals surface area (Å²) in [6.45, 7) is 21.1. The second-order valence-corrected chi connectivity index (χ2v) is 33.9. The molecule has 0 atom stereocenters. The molecule has 20 rings (SSSR count). The van der Waals surface area contributed by atoms with E-state index in [2.05, 4.69) is 435 Å². The molecule has 536 valence electrons.